The minimum Gasteiger partial charge on any atom is -0.301 e. The maximum Gasteiger partial charge on any atom is 0.225 e. The first kappa shape index (κ1) is 11.9. The Morgan fingerprint density at radius 1 is 1.31 bits per heavy atom. The molecule has 0 N–H and O–H groups in total. The summed E-state index contributed by atoms with van der Waals surface area (Å²) >= 11 is 13.4. The van der Waals surface area contributed by atoms with Crippen LogP contribution in [0.15, 0.2) is 12.1 Å². The minimum atomic E-state index is 0.458. The quantitative estimate of drug-likeness (QED) is 0.856. The van der Waals surface area contributed by atoms with Gasteiger partial charge in [-0.3, -0.25) is 0 Å². The Balaban J connectivity index is 2.06. The average molecular weight is 276 g/mol. The van der Waals surface area contributed by atoms with Gasteiger partial charge in [-0.2, -0.15) is 0 Å². The van der Waals surface area contributed by atoms with Gasteiger partial charge in [-0.1, -0.05) is 18.5 Å². The molecule has 0 spiro atoms. The number of aromatic nitrogens is 3. The summed E-state index contributed by atoms with van der Waals surface area (Å²) < 4.78 is 2.76. The molecule has 86 valence electrons. The third-order valence-electron chi connectivity index (χ3n) is 2.31. The third-order valence-corrected chi connectivity index (χ3v) is 3.88. The second kappa shape index (κ2) is 5.17. The van der Waals surface area contributed by atoms with E-state index in [0.29, 0.717) is 5.28 Å². The van der Waals surface area contributed by atoms with Crippen molar-refractivity contribution in [3.05, 3.63) is 32.5 Å². The molecule has 0 aliphatic carbocycles. The highest BCUT2D eigenvalue weighted by atomic mass is 35.5. The molecule has 2 rings (SSSR count). The predicted octanol–water partition coefficient (Wildman–Crippen LogP) is 3.45. The average Bonchev–Trinajstić information content (AvgIpc) is 2.82. The van der Waals surface area contributed by atoms with E-state index in [0.717, 1.165) is 29.5 Å². The van der Waals surface area contributed by atoms with Crippen LogP contribution < -0.4 is 0 Å². The molecule has 0 radical (unpaired) electrons. The number of rotatable bonds is 4. The molecule has 0 bridgehead atoms. The summed E-state index contributed by atoms with van der Waals surface area (Å²) in [5.74, 6) is 0.924. The number of hydrogen-bond donors (Lipinski definition) is 0. The summed E-state index contributed by atoms with van der Waals surface area (Å²) in [7, 11) is 0. The Morgan fingerprint density at radius 3 is 2.75 bits per heavy atom. The lowest BCUT2D eigenvalue weighted by molar-refractivity contribution is 0.661. The van der Waals surface area contributed by atoms with Crippen molar-refractivity contribution in [3.8, 4) is 0 Å². The van der Waals surface area contributed by atoms with Crippen molar-refractivity contribution in [2.24, 2.45) is 0 Å². The Kier molecular flexibility index (Phi) is 3.84. The molecule has 0 unspecified atom stereocenters. The summed E-state index contributed by atoms with van der Waals surface area (Å²) in [5.41, 5.74) is 0. The Labute approximate surface area is 108 Å². The highest BCUT2D eigenvalue weighted by Gasteiger charge is 2.08. The van der Waals surface area contributed by atoms with Crippen molar-refractivity contribution in [2.45, 2.75) is 26.3 Å². The molecule has 3 nitrogen and oxygen atoms in total. The van der Waals surface area contributed by atoms with E-state index in [4.69, 9.17) is 23.2 Å². The minimum absolute atomic E-state index is 0.458. The maximum absolute atomic E-state index is 5.96. The lowest BCUT2D eigenvalue weighted by Crippen LogP contribution is -2.05. The third kappa shape index (κ3) is 2.56. The molecule has 0 atom stereocenters. The monoisotopic (exact) mass is 275 g/mol. The number of thiophene rings is 1. The van der Waals surface area contributed by atoms with Crippen LogP contribution in [-0.2, 0) is 19.4 Å². The van der Waals surface area contributed by atoms with E-state index in [1.165, 1.54) is 4.88 Å². The molecule has 0 saturated heterocycles. The van der Waals surface area contributed by atoms with Crippen molar-refractivity contribution in [3.63, 3.8) is 0 Å². The van der Waals surface area contributed by atoms with Gasteiger partial charge >= 0.3 is 0 Å². The Bertz CT molecular complexity index is 478. The zero-order valence-electron chi connectivity index (χ0n) is 8.78. The van der Waals surface area contributed by atoms with Crippen LogP contribution in [-0.4, -0.2) is 14.8 Å². The van der Waals surface area contributed by atoms with Gasteiger partial charge < -0.3 is 4.57 Å². The van der Waals surface area contributed by atoms with E-state index in [1.54, 1.807) is 11.3 Å². The number of nitrogens with zero attached hydrogens (tertiary/aromatic N) is 3. The molecule has 0 aromatic carbocycles. The second-order valence-corrected chi connectivity index (χ2v) is 5.48. The largest absolute Gasteiger partial charge is 0.301 e. The van der Waals surface area contributed by atoms with Crippen molar-refractivity contribution >= 4 is 34.5 Å². The van der Waals surface area contributed by atoms with Crippen molar-refractivity contribution in [2.75, 3.05) is 0 Å². The fraction of sp³-hybridized carbons (Fsp3) is 0.400. The molecule has 2 aromatic rings. The lowest BCUT2D eigenvalue weighted by Gasteiger charge is -2.04. The van der Waals surface area contributed by atoms with Crippen LogP contribution in [0, 0.1) is 0 Å². The summed E-state index contributed by atoms with van der Waals surface area (Å²) in [6.45, 7) is 2.84. The SMILES string of the molecule is CCc1nnc(Cl)n1CCc1ccc(Cl)s1. The molecule has 6 heteroatoms. The number of halogens is 2. The normalized spacial score (nSPS) is 10.9. The van der Waals surface area contributed by atoms with Gasteiger partial charge in [-0.05, 0) is 30.2 Å². The van der Waals surface area contributed by atoms with Gasteiger partial charge in [0.1, 0.15) is 5.82 Å². The van der Waals surface area contributed by atoms with Crippen LogP contribution >= 0.6 is 34.5 Å². The number of hydrogen-bond acceptors (Lipinski definition) is 3. The molecule has 2 aromatic heterocycles. The van der Waals surface area contributed by atoms with E-state index < -0.39 is 0 Å². The van der Waals surface area contributed by atoms with Gasteiger partial charge in [0.2, 0.25) is 5.28 Å². The summed E-state index contributed by atoms with van der Waals surface area (Å²) in [6.07, 6.45) is 1.74. The topological polar surface area (TPSA) is 30.7 Å². The molecule has 16 heavy (non-hydrogen) atoms. The van der Waals surface area contributed by atoms with Crippen molar-refractivity contribution in [1.29, 1.82) is 0 Å². The maximum atomic E-state index is 5.96. The zero-order valence-corrected chi connectivity index (χ0v) is 11.1. The fourth-order valence-electron chi connectivity index (χ4n) is 1.50. The Hall–Kier alpha value is -0.580. The van der Waals surface area contributed by atoms with Crippen LogP contribution in [0.5, 0.6) is 0 Å². The summed E-state index contributed by atoms with van der Waals surface area (Å²) in [5, 5.41) is 8.33. The smallest absolute Gasteiger partial charge is 0.225 e. The first-order valence-electron chi connectivity index (χ1n) is 5.02. The van der Waals surface area contributed by atoms with Crippen molar-refractivity contribution in [1.82, 2.24) is 14.8 Å². The van der Waals surface area contributed by atoms with Crippen LogP contribution in [0.3, 0.4) is 0 Å². The van der Waals surface area contributed by atoms with E-state index in [2.05, 4.69) is 10.2 Å². The molecule has 0 aliphatic rings. The standard InChI is InChI=1S/C10H11Cl2N3S/c1-2-9-13-14-10(12)15(9)6-5-7-3-4-8(11)16-7/h3-4H,2,5-6H2,1H3. The van der Waals surface area contributed by atoms with Gasteiger partial charge in [0.15, 0.2) is 0 Å². The number of aryl methyl sites for hydroxylation is 2. The first-order valence-corrected chi connectivity index (χ1v) is 6.59. The molecule has 2 heterocycles. The molecular formula is C10H11Cl2N3S. The van der Waals surface area contributed by atoms with E-state index in [1.807, 2.05) is 23.6 Å². The van der Waals surface area contributed by atoms with Gasteiger partial charge in [0.05, 0.1) is 4.34 Å². The van der Waals surface area contributed by atoms with Crippen LogP contribution in [0.25, 0.3) is 0 Å². The molecule has 0 fully saturated rings. The lowest BCUT2D eigenvalue weighted by atomic mass is 10.3. The fourth-order valence-corrected chi connectivity index (χ4v) is 2.80. The van der Waals surface area contributed by atoms with E-state index in [9.17, 15) is 0 Å². The Morgan fingerprint density at radius 2 is 2.12 bits per heavy atom. The zero-order chi connectivity index (χ0) is 11.5. The van der Waals surface area contributed by atoms with Crippen molar-refractivity contribution < 1.29 is 0 Å². The van der Waals surface area contributed by atoms with Gasteiger partial charge in [0.25, 0.3) is 0 Å². The highest BCUT2D eigenvalue weighted by molar-refractivity contribution is 7.16. The molecule has 0 amide bonds. The second-order valence-electron chi connectivity index (χ2n) is 3.35. The van der Waals surface area contributed by atoms with E-state index >= 15 is 0 Å². The molecule has 0 aliphatic heterocycles. The summed E-state index contributed by atoms with van der Waals surface area (Å²) in [6, 6.07) is 3.95. The predicted molar refractivity (Wildman–Crippen MR) is 67.4 cm³/mol. The summed E-state index contributed by atoms with van der Waals surface area (Å²) in [4.78, 5) is 1.25. The van der Waals surface area contributed by atoms with Gasteiger partial charge in [-0.25, -0.2) is 0 Å². The molecule has 0 saturated carbocycles. The van der Waals surface area contributed by atoms with Crippen LogP contribution in [0.2, 0.25) is 9.62 Å². The van der Waals surface area contributed by atoms with Gasteiger partial charge in [-0.15, -0.1) is 21.5 Å². The van der Waals surface area contributed by atoms with Crippen LogP contribution in [0.4, 0.5) is 0 Å². The highest BCUT2D eigenvalue weighted by Crippen LogP contribution is 2.22. The van der Waals surface area contributed by atoms with E-state index in [-0.39, 0.29) is 0 Å². The first-order chi connectivity index (χ1) is 7.70. The van der Waals surface area contributed by atoms with Crippen LogP contribution in [0.1, 0.15) is 17.6 Å². The molecular weight excluding hydrogens is 265 g/mol. The van der Waals surface area contributed by atoms with Gasteiger partial charge in [0, 0.05) is 17.8 Å².